The lowest BCUT2D eigenvalue weighted by Gasteiger charge is -2.71. The molecule has 4 bridgehead atoms. The highest BCUT2D eigenvalue weighted by molar-refractivity contribution is 5.82. The Bertz CT molecular complexity index is 1340. The molecule has 2 aliphatic heterocycles. The van der Waals surface area contributed by atoms with Gasteiger partial charge in [-0.15, -0.1) is 0 Å². The number of nitrogens with zero attached hydrogens (tertiary/aromatic N) is 1. The molecule has 1 amide bonds. The number of piperidine rings is 1. The molecule has 2 heterocycles. The Morgan fingerprint density at radius 3 is 2.79 bits per heavy atom. The van der Waals surface area contributed by atoms with E-state index in [2.05, 4.69) is 46.7 Å². The minimum Gasteiger partial charge on any atom is -0.485 e. The maximum Gasteiger partial charge on any atom is 0.240 e. The molecule has 7 aliphatic rings. The molecular weight excluding hydrogens is 478 g/mol. The molecule has 2 aromatic rings. The molecule has 1 unspecified atom stereocenters. The summed E-state index contributed by atoms with van der Waals surface area (Å²) in [5.41, 5.74) is 4.86. The summed E-state index contributed by atoms with van der Waals surface area (Å²) < 4.78 is 19.8. The van der Waals surface area contributed by atoms with E-state index in [1.165, 1.54) is 24.0 Å². The Morgan fingerprint density at radius 1 is 1.18 bits per heavy atom. The van der Waals surface area contributed by atoms with Gasteiger partial charge in [-0.25, -0.2) is 5.84 Å². The standard InChI is InChI=1S/C31H35N3O4/c1-36-31-12-11-29(16-22(31)27(35)33-32)24-15-21-9-10-23(37-18-20-5-3-2-4-6-20)26-25(21)30(29,28(31)38-26)13-14-34(24)17-19-7-8-19/h2-6,9-12,19,22,24,28H,7-8,13-18,32H2,1H3,(H,33,35)/t22-,24-,28?,29-,30+,31-/m1/s1. The van der Waals surface area contributed by atoms with Gasteiger partial charge in [0, 0.05) is 30.7 Å². The topological polar surface area (TPSA) is 86.0 Å². The van der Waals surface area contributed by atoms with Crippen molar-refractivity contribution in [3.05, 3.63) is 71.3 Å². The number of benzene rings is 2. The Morgan fingerprint density at radius 2 is 2.03 bits per heavy atom. The molecule has 2 spiro atoms. The van der Waals surface area contributed by atoms with Crippen LogP contribution in [-0.2, 0) is 28.0 Å². The van der Waals surface area contributed by atoms with Gasteiger partial charge in [-0.1, -0.05) is 48.6 Å². The number of methoxy groups -OCH3 is 1. The van der Waals surface area contributed by atoms with E-state index in [9.17, 15) is 4.79 Å². The van der Waals surface area contributed by atoms with Crippen LogP contribution in [0.2, 0.25) is 0 Å². The molecule has 0 radical (unpaired) electrons. The summed E-state index contributed by atoms with van der Waals surface area (Å²) >= 11 is 0. The first-order valence-electron chi connectivity index (χ1n) is 14.1. The molecule has 198 valence electrons. The van der Waals surface area contributed by atoms with E-state index in [1.807, 2.05) is 18.2 Å². The van der Waals surface area contributed by atoms with Gasteiger partial charge in [0.25, 0.3) is 0 Å². The minimum atomic E-state index is -0.890. The second-order valence-corrected chi connectivity index (χ2v) is 12.3. The smallest absolute Gasteiger partial charge is 0.240 e. The molecule has 2 saturated carbocycles. The Kier molecular flexibility index (Phi) is 4.76. The molecular formula is C31H35N3O4. The van der Waals surface area contributed by atoms with Gasteiger partial charge in [-0.05, 0) is 61.8 Å². The summed E-state index contributed by atoms with van der Waals surface area (Å²) in [6, 6.07) is 14.9. The van der Waals surface area contributed by atoms with Gasteiger partial charge in [0.1, 0.15) is 18.3 Å². The molecule has 0 aromatic heterocycles. The van der Waals surface area contributed by atoms with Crippen molar-refractivity contribution >= 4 is 5.91 Å². The number of hydrazine groups is 1. The molecule has 5 aliphatic carbocycles. The van der Waals surface area contributed by atoms with Crippen molar-refractivity contribution in [1.29, 1.82) is 0 Å². The highest BCUT2D eigenvalue weighted by atomic mass is 16.6. The van der Waals surface area contributed by atoms with Gasteiger partial charge < -0.3 is 14.2 Å². The van der Waals surface area contributed by atoms with E-state index in [1.54, 1.807) is 7.11 Å². The van der Waals surface area contributed by atoms with E-state index in [0.717, 1.165) is 48.9 Å². The monoisotopic (exact) mass is 513 g/mol. The molecule has 6 atom stereocenters. The van der Waals surface area contributed by atoms with Gasteiger partial charge in [0.2, 0.25) is 5.91 Å². The van der Waals surface area contributed by atoms with Crippen molar-refractivity contribution in [2.45, 2.75) is 61.9 Å². The first kappa shape index (κ1) is 23.1. The number of carbonyl (C=O) groups is 1. The lowest BCUT2D eigenvalue weighted by Crippen LogP contribution is -2.80. The van der Waals surface area contributed by atoms with Gasteiger partial charge in [0.05, 0.1) is 11.3 Å². The number of amides is 1. The number of nitrogens with two attached hydrogens (primary N) is 1. The average Bonchev–Trinajstić information content (AvgIpc) is 3.70. The van der Waals surface area contributed by atoms with Gasteiger partial charge in [-0.2, -0.15) is 0 Å². The molecule has 7 nitrogen and oxygen atoms in total. The summed E-state index contributed by atoms with van der Waals surface area (Å²) in [5, 5.41) is 0. The molecule has 1 saturated heterocycles. The maximum atomic E-state index is 13.3. The molecule has 3 N–H and O–H groups in total. The highest BCUT2D eigenvalue weighted by Crippen LogP contribution is 2.74. The normalized spacial score (nSPS) is 37.5. The van der Waals surface area contributed by atoms with Crippen molar-refractivity contribution in [2.24, 2.45) is 23.1 Å². The van der Waals surface area contributed by atoms with Crippen LogP contribution in [0.5, 0.6) is 11.5 Å². The third kappa shape index (κ3) is 2.72. The van der Waals surface area contributed by atoms with Crippen LogP contribution in [0.4, 0.5) is 0 Å². The lowest BCUT2D eigenvalue weighted by atomic mass is 9.37. The van der Waals surface area contributed by atoms with Gasteiger partial charge in [-0.3, -0.25) is 15.1 Å². The zero-order valence-electron chi connectivity index (χ0n) is 21.8. The molecule has 38 heavy (non-hydrogen) atoms. The van der Waals surface area contributed by atoms with E-state index < -0.39 is 11.5 Å². The third-order valence-electron chi connectivity index (χ3n) is 10.8. The Labute approximate surface area is 223 Å². The minimum absolute atomic E-state index is 0.178. The Hall–Kier alpha value is -2.87. The fraction of sp³-hybridized carbons (Fsp3) is 0.516. The van der Waals surface area contributed by atoms with E-state index in [0.29, 0.717) is 19.1 Å². The first-order valence-corrected chi connectivity index (χ1v) is 14.1. The molecule has 2 aromatic carbocycles. The van der Waals surface area contributed by atoms with E-state index in [-0.39, 0.29) is 22.8 Å². The number of nitrogens with one attached hydrogen (secondary N) is 1. The summed E-state index contributed by atoms with van der Waals surface area (Å²) in [6.07, 6.45) is 9.54. The van der Waals surface area contributed by atoms with Crippen molar-refractivity contribution in [3.8, 4) is 11.5 Å². The summed E-state index contributed by atoms with van der Waals surface area (Å²) in [4.78, 5) is 16.1. The molecule has 3 fully saturated rings. The number of likely N-dealkylation sites (tertiary alicyclic amines) is 1. The zero-order valence-corrected chi connectivity index (χ0v) is 21.8. The quantitative estimate of drug-likeness (QED) is 0.256. The highest BCUT2D eigenvalue weighted by Gasteiger charge is 2.80. The van der Waals surface area contributed by atoms with Crippen molar-refractivity contribution in [1.82, 2.24) is 10.3 Å². The fourth-order valence-corrected chi connectivity index (χ4v) is 9.01. The summed E-state index contributed by atoms with van der Waals surface area (Å²) in [5.74, 6) is 7.58. The number of fused-ring (bicyclic) bond motifs is 1. The summed E-state index contributed by atoms with van der Waals surface area (Å²) in [6.45, 7) is 2.66. The number of carbonyl (C=O) groups excluding carboxylic acids is 1. The van der Waals surface area contributed by atoms with Crippen LogP contribution in [0.1, 0.15) is 42.4 Å². The van der Waals surface area contributed by atoms with Crippen LogP contribution in [0, 0.1) is 17.3 Å². The maximum absolute atomic E-state index is 13.3. The van der Waals surface area contributed by atoms with Crippen molar-refractivity contribution < 1.29 is 19.0 Å². The van der Waals surface area contributed by atoms with Crippen LogP contribution in [0.15, 0.2) is 54.6 Å². The third-order valence-corrected chi connectivity index (χ3v) is 10.8. The van der Waals surface area contributed by atoms with Crippen molar-refractivity contribution in [3.63, 3.8) is 0 Å². The van der Waals surface area contributed by atoms with E-state index >= 15 is 0 Å². The fourth-order valence-electron chi connectivity index (χ4n) is 9.01. The van der Waals surface area contributed by atoms with Crippen LogP contribution in [0.25, 0.3) is 0 Å². The Balaban J connectivity index is 1.29. The summed E-state index contributed by atoms with van der Waals surface area (Å²) in [7, 11) is 1.71. The average molecular weight is 514 g/mol. The van der Waals surface area contributed by atoms with Gasteiger partial charge >= 0.3 is 0 Å². The van der Waals surface area contributed by atoms with E-state index in [4.69, 9.17) is 20.1 Å². The first-order chi connectivity index (χ1) is 18.6. The predicted molar refractivity (Wildman–Crippen MR) is 141 cm³/mol. The number of ether oxygens (including phenoxy) is 3. The zero-order chi connectivity index (χ0) is 25.7. The lowest BCUT2D eigenvalue weighted by molar-refractivity contribution is -0.215. The number of hydrogen-bond acceptors (Lipinski definition) is 6. The number of rotatable bonds is 7. The van der Waals surface area contributed by atoms with Crippen molar-refractivity contribution in [2.75, 3.05) is 20.2 Å². The van der Waals surface area contributed by atoms with Crippen LogP contribution in [-0.4, -0.2) is 48.8 Å². The van der Waals surface area contributed by atoms with Crippen LogP contribution in [0.3, 0.4) is 0 Å². The largest absolute Gasteiger partial charge is 0.485 e. The predicted octanol–water partition coefficient (Wildman–Crippen LogP) is 3.26. The van der Waals surface area contributed by atoms with Gasteiger partial charge in [0.15, 0.2) is 11.5 Å². The second-order valence-electron chi connectivity index (χ2n) is 12.3. The molecule has 7 heteroatoms. The second kappa shape index (κ2) is 7.84. The molecule has 9 rings (SSSR count). The van der Waals surface area contributed by atoms with Crippen LogP contribution >= 0.6 is 0 Å². The SMILES string of the molecule is CO[C@]12C=C[C@@]3(C[C@@H]1C(=O)NN)[C@H]1Cc4ccc(OCc5ccccc5)c5c4[C@@]3(CCN1CC1CC1)C2O5. The number of hydrogen-bond donors (Lipinski definition) is 2. The van der Waals surface area contributed by atoms with Crippen LogP contribution < -0.4 is 20.7 Å².